The van der Waals surface area contributed by atoms with Gasteiger partial charge in [0.25, 0.3) is 0 Å². The third-order valence-corrected chi connectivity index (χ3v) is 1.86. The minimum atomic E-state index is 0.805. The summed E-state index contributed by atoms with van der Waals surface area (Å²) in [6.45, 7) is 12.3. The molecule has 10 heavy (non-hydrogen) atoms. The molecule has 0 rings (SSSR count). The fourth-order valence-corrected chi connectivity index (χ4v) is 0.989. The van der Waals surface area contributed by atoms with E-state index in [2.05, 4.69) is 27.4 Å². The molecule has 0 spiro atoms. The minimum Gasteiger partial charge on any atom is -0.0999 e. The smallest absolute Gasteiger partial charge is 0.0297 e. The van der Waals surface area contributed by atoms with Crippen LogP contribution in [0.25, 0.3) is 0 Å². The van der Waals surface area contributed by atoms with E-state index in [4.69, 9.17) is 0 Å². The Hall–Kier alpha value is -0.260. The highest BCUT2D eigenvalue weighted by Gasteiger charge is 1.99. The highest BCUT2D eigenvalue weighted by Crippen LogP contribution is 2.16. The molecule has 0 saturated carbocycles. The highest BCUT2D eigenvalue weighted by atomic mass is 14.1. The third kappa shape index (κ3) is 4.60. The summed E-state index contributed by atoms with van der Waals surface area (Å²) < 4.78 is 0. The normalized spacial score (nSPS) is 13.1. The zero-order chi connectivity index (χ0) is 7.98. The van der Waals surface area contributed by atoms with E-state index in [1.807, 2.05) is 0 Å². The quantitative estimate of drug-likeness (QED) is 0.510. The summed E-state index contributed by atoms with van der Waals surface area (Å²) in [5, 5.41) is 0. The number of hydrogen-bond donors (Lipinski definition) is 0. The van der Waals surface area contributed by atoms with Gasteiger partial charge >= 0.3 is 0 Å². The summed E-state index contributed by atoms with van der Waals surface area (Å²) in [6, 6.07) is 0. The molecule has 0 bridgehead atoms. The monoisotopic (exact) mass is 139 g/mol. The molecule has 0 nitrogen and oxygen atoms in total. The van der Waals surface area contributed by atoms with Gasteiger partial charge in [-0.05, 0) is 25.2 Å². The van der Waals surface area contributed by atoms with Crippen LogP contribution < -0.4 is 0 Å². The van der Waals surface area contributed by atoms with Crippen LogP contribution in [0.2, 0.25) is 0 Å². The molecule has 0 aliphatic carbocycles. The van der Waals surface area contributed by atoms with Gasteiger partial charge in [0.15, 0.2) is 0 Å². The fraction of sp³-hybridized carbons (Fsp3) is 0.700. The van der Waals surface area contributed by atoms with E-state index < -0.39 is 0 Å². The van der Waals surface area contributed by atoms with Gasteiger partial charge in [0, 0.05) is 0 Å². The fourth-order valence-electron chi connectivity index (χ4n) is 0.989. The summed E-state index contributed by atoms with van der Waals surface area (Å²) in [5.74, 6) is 0.805. The van der Waals surface area contributed by atoms with Crippen LogP contribution in [0.15, 0.2) is 12.2 Å². The molecule has 1 radical (unpaired) electrons. The van der Waals surface area contributed by atoms with E-state index in [9.17, 15) is 0 Å². The van der Waals surface area contributed by atoms with Crippen molar-refractivity contribution in [3.05, 3.63) is 19.1 Å². The predicted octanol–water partition coefficient (Wildman–Crippen LogP) is 3.59. The van der Waals surface area contributed by atoms with Crippen LogP contribution in [-0.4, -0.2) is 0 Å². The second kappa shape index (κ2) is 5.52. The van der Waals surface area contributed by atoms with Gasteiger partial charge in [-0.15, -0.1) is 0 Å². The van der Waals surface area contributed by atoms with Crippen molar-refractivity contribution in [2.45, 2.75) is 39.5 Å². The van der Waals surface area contributed by atoms with Crippen LogP contribution in [0.5, 0.6) is 0 Å². The Bertz CT molecular complexity index is 92.2. The zero-order valence-corrected chi connectivity index (χ0v) is 7.32. The molecular weight excluding hydrogens is 120 g/mol. The van der Waals surface area contributed by atoms with E-state index in [1.165, 1.54) is 18.4 Å². The highest BCUT2D eigenvalue weighted by molar-refractivity contribution is 4.94. The topological polar surface area (TPSA) is 0 Å². The van der Waals surface area contributed by atoms with Gasteiger partial charge in [-0.3, -0.25) is 0 Å². The Morgan fingerprint density at radius 3 is 2.50 bits per heavy atom. The van der Waals surface area contributed by atoms with Crippen molar-refractivity contribution in [1.82, 2.24) is 0 Å². The Morgan fingerprint density at radius 1 is 1.50 bits per heavy atom. The van der Waals surface area contributed by atoms with Crippen molar-refractivity contribution >= 4 is 0 Å². The van der Waals surface area contributed by atoms with Crippen LogP contribution >= 0.6 is 0 Å². The maximum atomic E-state index is 3.99. The van der Waals surface area contributed by atoms with Crippen molar-refractivity contribution in [2.75, 3.05) is 0 Å². The van der Waals surface area contributed by atoms with Crippen molar-refractivity contribution < 1.29 is 0 Å². The molecule has 0 aromatic carbocycles. The van der Waals surface area contributed by atoms with Gasteiger partial charge in [-0.1, -0.05) is 39.3 Å². The lowest BCUT2D eigenvalue weighted by Gasteiger charge is -2.09. The SMILES string of the molecule is [CH2]CCC(=C)CC(C)CC. The molecule has 0 N–H and O–H groups in total. The molecule has 0 aromatic rings. The molecular formula is C10H19. The van der Waals surface area contributed by atoms with Crippen molar-refractivity contribution in [1.29, 1.82) is 0 Å². The lowest BCUT2D eigenvalue weighted by Crippen LogP contribution is -1.93. The van der Waals surface area contributed by atoms with Gasteiger partial charge < -0.3 is 0 Å². The molecule has 59 valence electrons. The van der Waals surface area contributed by atoms with Crippen LogP contribution in [-0.2, 0) is 0 Å². The van der Waals surface area contributed by atoms with Crippen molar-refractivity contribution in [2.24, 2.45) is 5.92 Å². The average molecular weight is 139 g/mol. The molecule has 0 heteroatoms. The Morgan fingerprint density at radius 2 is 2.10 bits per heavy atom. The van der Waals surface area contributed by atoms with Crippen molar-refractivity contribution in [3.63, 3.8) is 0 Å². The van der Waals surface area contributed by atoms with Crippen LogP contribution in [0.4, 0.5) is 0 Å². The standard InChI is InChI=1S/C10H19/c1-5-7-10(4)8-9(3)6-2/h9H,1,4-8H2,2-3H3. The zero-order valence-electron chi connectivity index (χ0n) is 7.32. The van der Waals surface area contributed by atoms with Crippen LogP contribution in [0, 0.1) is 12.8 Å². The second-order valence-electron chi connectivity index (χ2n) is 3.07. The number of rotatable bonds is 5. The lowest BCUT2D eigenvalue weighted by atomic mass is 9.97. The molecule has 0 saturated heterocycles. The van der Waals surface area contributed by atoms with E-state index in [0.29, 0.717) is 0 Å². The van der Waals surface area contributed by atoms with E-state index in [-0.39, 0.29) is 0 Å². The van der Waals surface area contributed by atoms with Crippen LogP contribution in [0.3, 0.4) is 0 Å². The van der Waals surface area contributed by atoms with Crippen LogP contribution in [0.1, 0.15) is 39.5 Å². The van der Waals surface area contributed by atoms with E-state index >= 15 is 0 Å². The molecule has 0 aliphatic rings. The molecule has 1 atom stereocenters. The molecule has 0 amide bonds. The average Bonchev–Trinajstić information content (AvgIpc) is 1.88. The number of allylic oxidation sites excluding steroid dienone is 1. The van der Waals surface area contributed by atoms with Gasteiger partial charge in [0.1, 0.15) is 0 Å². The van der Waals surface area contributed by atoms with E-state index in [0.717, 1.165) is 18.8 Å². The Labute approximate surface area is 65.3 Å². The van der Waals surface area contributed by atoms with Gasteiger partial charge in [-0.2, -0.15) is 0 Å². The predicted molar refractivity (Wildman–Crippen MR) is 47.8 cm³/mol. The molecule has 0 aliphatic heterocycles. The molecule has 0 fully saturated rings. The lowest BCUT2D eigenvalue weighted by molar-refractivity contribution is 0.548. The Kier molecular flexibility index (Phi) is 5.38. The van der Waals surface area contributed by atoms with Crippen molar-refractivity contribution in [3.8, 4) is 0 Å². The first-order valence-electron chi connectivity index (χ1n) is 4.16. The summed E-state index contributed by atoms with van der Waals surface area (Å²) in [7, 11) is 0. The third-order valence-electron chi connectivity index (χ3n) is 1.86. The first-order chi connectivity index (χ1) is 4.70. The van der Waals surface area contributed by atoms with Gasteiger partial charge in [-0.25, -0.2) is 0 Å². The minimum absolute atomic E-state index is 0.805. The molecule has 1 unspecified atom stereocenters. The van der Waals surface area contributed by atoms with E-state index in [1.54, 1.807) is 0 Å². The first-order valence-corrected chi connectivity index (χ1v) is 4.16. The maximum absolute atomic E-state index is 3.99. The summed E-state index contributed by atoms with van der Waals surface area (Å²) in [6.07, 6.45) is 4.54. The first kappa shape index (κ1) is 9.74. The largest absolute Gasteiger partial charge is 0.0999 e. The summed E-state index contributed by atoms with van der Waals surface area (Å²) in [5.41, 5.74) is 1.37. The summed E-state index contributed by atoms with van der Waals surface area (Å²) in [4.78, 5) is 0. The Balaban J connectivity index is 3.37. The van der Waals surface area contributed by atoms with Gasteiger partial charge in [0.05, 0.1) is 0 Å². The second-order valence-corrected chi connectivity index (χ2v) is 3.07. The summed E-state index contributed by atoms with van der Waals surface area (Å²) >= 11 is 0. The molecule has 0 heterocycles. The van der Waals surface area contributed by atoms with Gasteiger partial charge in [0.2, 0.25) is 0 Å². The number of hydrogen-bond acceptors (Lipinski definition) is 0. The maximum Gasteiger partial charge on any atom is -0.0297 e. The molecule has 0 aromatic heterocycles.